The molecule has 162 valence electrons. The number of likely N-dealkylation sites (tertiary alicyclic amines) is 1. The minimum Gasteiger partial charge on any atom is -0.340 e. The number of nitrogens with one attached hydrogen (secondary N) is 2. The fourth-order valence-electron chi connectivity index (χ4n) is 3.62. The molecule has 0 saturated carbocycles. The Morgan fingerprint density at radius 1 is 1.27 bits per heavy atom. The molecule has 1 aromatic heterocycles. The SMILES string of the molecule is Cc1cccc(C(=O)NC(C(=O)Nc2nc(CN3CCC(C)CC3)cs2)C(C)C)c1. The van der Waals surface area contributed by atoms with E-state index in [0.29, 0.717) is 10.7 Å². The monoisotopic (exact) mass is 428 g/mol. The van der Waals surface area contributed by atoms with Crippen molar-refractivity contribution in [1.29, 1.82) is 0 Å². The molecule has 1 aliphatic heterocycles. The summed E-state index contributed by atoms with van der Waals surface area (Å²) in [5.41, 5.74) is 2.54. The molecule has 0 bridgehead atoms. The molecular formula is C23H32N4O2S. The van der Waals surface area contributed by atoms with Gasteiger partial charge in [-0.05, 0) is 56.8 Å². The number of carbonyl (C=O) groups is 2. The molecule has 2 amide bonds. The second kappa shape index (κ2) is 10.2. The first-order valence-corrected chi connectivity index (χ1v) is 11.5. The number of aryl methyl sites for hydroxylation is 1. The molecule has 2 aromatic rings. The topological polar surface area (TPSA) is 74.3 Å². The molecule has 0 radical (unpaired) electrons. The Kier molecular flexibility index (Phi) is 7.61. The second-order valence-corrected chi connectivity index (χ2v) is 9.51. The summed E-state index contributed by atoms with van der Waals surface area (Å²) in [6.45, 7) is 11.1. The molecule has 1 atom stereocenters. The van der Waals surface area contributed by atoms with Crippen LogP contribution in [0.25, 0.3) is 0 Å². The number of anilines is 1. The molecule has 6 nitrogen and oxygen atoms in total. The number of hydrogen-bond acceptors (Lipinski definition) is 5. The summed E-state index contributed by atoms with van der Waals surface area (Å²) in [5, 5.41) is 8.35. The van der Waals surface area contributed by atoms with Crippen LogP contribution in [0.4, 0.5) is 5.13 Å². The fourth-order valence-corrected chi connectivity index (χ4v) is 4.32. The quantitative estimate of drug-likeness (QED) is 0.697. The third-order valence-electron chi connectivity index (χ3n) is 5.56. The minimum atomic E-state index is -0.631. The van der Waals surface area contributed by atoms with Gasteiger partial charge in [-0.15, -0.1) is 11.3 Å². The smallest absolute Gasteiger partial charge is 0.251 e. The van der Waals surface area contributed by atoms with Gasteiger partial charge < -0.3 is 10.6 Å². The maximum absolute atomic E-state index is 12.9. The molecule has 1 saturated heterocycles. The predicted molar refractivity (Wildman–Crippen MR) is 122 cm³/mol. The highest BCUT2D eigenvalue weighted by Gasteiger charge is 2.26. The molecule has 2 heterocycles. The zero-order chi connectivity index (χ0) is 21.7. The van der Waals surface area contributed by atoms with Gasteiger partial charge in [-0.3, -0.25) is 14.5 Å². The highest BCUT2D eigenvalue weighted by Crippen LogP contribution is 2.21. The number of thiazole rings is 1. The summed E-state index contributed by atoms with van der Waals surface area (Å²) in [5.74, 6) is 0.272. The van der Waals surface area contributed by atoms with Crippen LogP contribution >= 0.6 is 11.3 Å². The fraction of sp³-hybridized carbons (Fsp3) is 0.522. The van der Waals surface area contributed by atoms with E-state index in [9.17, 15) is 9.59 Å². The number of hydrogen-bond donors (Lipinski definition) is 2. The van der Waals surface area contributed by atoms with Crippen molar-refractivity contribution in [3.63, 3.8) is 0 Å². The maximum atomic E-state index is 12.9. The van der Waals surface area contributed by atoms with Crippen LogP contribution in [0.3, 0.4) is 0 Å². The van der Waals surface area contributed by atoms with Crippen molar-refractivity contribution >= 4 is 28.3 Å². The summed E-state index contributed by atoms with van der Waals surface area (Å²) in [6.07, 6.45) is 2.45. The van der Waals surface area contributed by atoms with Crippen LogP contribution in [-0.4, -0.2) is 40.8 Å². The lowest BCUT2D eigenvalue weighted by molar-refractivity contribution is -0.118. The van der Waals surface area contributed by atoms with Crippen molar-refractivity contribution in [2.24, 2.45) is 11.8 Å². The van der Waals surface area contributed by atoms with E-state index in [2.05, 4.69) is 27.4 Å². The number of rotatable bonds is 7. The zero-order valence-electron chi connectivity index (χ0n) is 18.3. The number of nitrogens with zero attached hydrogens (tertiary/aromatic N) is 2. The van der Waals surface area contributed by atoms with Gasteiger partial charge in [-0.25, -0.2) is 4.98 Å². The number of amides is 2. The van der Waals surface area contributed by atoms with E-state index in [1.165, 1.54) is 24.2 Å². The van der Waals surface area contributed by atoms with Crippen molar-refractivity contribution in [2.75, 3.05) is 18.4 Å². The molecule has 3 rings (SSSR count). The molecule has 0 spiro atoms. The molecular weight excluding hydrogens is 396 g/mol. The van der Waals surface area contributed by atoms with Gasteiger partial charge in [0.05, 0.1) is 5.69 Å². The summed E-state index contributed by atoms with van der Waals surface area (Å²) < 4.78 is 0. The highest BCUT2D eigenvalue weighted by atomic mass is 32.1. The van der Waals surface area contributed by atoms with E-state index in [1.807, 2.05) is 44.4 Å². The molecule has 2 N–H and O–H groups in total. The van der Waals surface area contributed by atoms with Gasteiger partial charge in [0.2, 0.25) is 5.91 Å². The Bertz CT molecular complexity index is 872. The van der Waals surface area contributed by atoms with Crippen LogP contribution in [0.5, 0.6) is 0 Å². The maximum Gasteiger partial charge on any atom is 0.251 e. The Morgan fingerprint density at radius 2 is 2.00 bits per heavy atom. The molecule has 1 fully saturated rings. The summed E-state index contributed by atoms with van der Waals surface area (Å²) in [6, 6.07) is 6.72. The largest absolute Gasteiger partial charge is 0.340 e. The van der Waals surface area contributed by atoms with Crippen molar-refractivity contribution in [3.8, 4) is 0 Å². The minimum absolute atomic E-state index is 0.0477. The molecule has 1 aliphatic rings. The summed E-state index contributed by atoms with van der Waals surface area (Å²) in [4.78, 5) is 32.5. The van der Waals surface area contributed by atoms with Crippen molar-refractivity contribution in [2.45, 2.75) is 53.1 Å². The van der Waals surface area contributed by atoms with E-state index < -0.39 is 6.04 Å². The van der Waals surface area contributed by atoms with Crippen LogP contribution in [0.2, 0.25) is 0 Å². The van der Waals surface area contributed by atoms with Crippen LogP contribution in [-0.2, 0) is 11.3 Å². The van der Waals surface area contributed by atoms with Gasteiger partial charge in [0.1, 0.15) is 6.04 Å². The predicted octanol–water partition coefficient (Wildman–Crippen LogP) is 4.08. The highest BCUT2D eigenvalue weighted by molar-refractivity contribution is 7.13. The lowest BCUT2D eigenvalue weighted by Gasteiger charge is -2.29. The molecule has 7 heteroatoms. The molecule has 0 aliphatic carbocycles. The summed E-state index contributed by atoms with van der Waals surface area (Å²) >= 11 is 1.43. The van der Waals surface area contributed by atoms with Crippen molar-refractivity contribution < 1.29 is 9.59 Å². The zero-order valence-corrected chi connectivity index (χ0v) is 19.1. The first-order chi connectivity index (χ1) is 14.3. The standard InChI is InChI=1S/C23H32N4O2S/c1-15(2)20(25-21(28)18-7-5-6-17(4)12-18)22(29)26-23-24-19(14-30-23)13-27-10-8-16(3)9-11-27/h5-7,12,14-16,20H,8-11,13H2,1-4H3,(H,25,28)(H,24,26,29). The Morgan fingerprint density at radius 3 is 2.67 bits per heavy atom. The third kappa shape index (κ3) is 6.12. The van der Waals surface area contributed by atoms with Gasteiger partial charge in [-0.1, -0.05) is 38.5 Å². The van der Waals surface area contributed by atoms with E-state index in [-0.39, 0.29) is 17.7 Å². The van der Waals surface area contributed by atoms with Crippen LogP contribution < -0.4 is 10.6 Å². The molecule has 30 heavy (non-hydrogen) atoms. The van der Waals surface area contributed by atoms with E-state index in [4.69, 9.17) is 0 Å². The van der Waals surface area contributed by atoms with Crippen LogP contribution in [0.15, 0.2) is 29.6 Å². The Hall–Kier alpha value is -2.25. The Labute approximate surface area is 183 Å². The average molecular weight is 429 g/mol. The van der Waals surface area contributed by atoms with Crippen molar-refractivity contribution in [1.82, 2.24) is 15.2 Å². The first-order valence-electron chi connectivity index (χ1n) is 10.7. The Balaban J connectivity index is 1.58. The van der Waals surface area contributed by atoms with Crippen LogP contribution in [0.1, 0.15) is 55.2 Å². The van der Waals surface area contributed by atoms with Gasteiger partial charge in [0.25, 0.3) is 5.91 Å². The number of piperidine rings is 1. The van der Waals surface area contributed by atoms with E-state index in [0.717, 1.165) is 36.8 Å². The number of carbonyl (C=O) groups excluding carboxylic acids is 2. The lowest BCUT2D eigenvalue weighted by atomic mass is 9.99. The average Bonchev–Trinajstić information content (AvgIpc) is 3.14. The normalized spacial score (nSPS) is 16.4. The number of aromatic nitrogens is 1. The first kappa shape index (κ1) is 22.4. The van der Waals surface area contributed by atoms with Crippen LogP contribution in [0, 0.1) is 18.8 Å². The third-order valence-corrected chi connectivity index (χ3v) is 6.37. The molecule has 1 aromatic carbocycles. The second-order valence-electron chi connectivity index (χ2n) is 8.66. The van der Waals surface area contributed by atoms with Gasteiger partial charge in [0, 0.05) is 17.5 Å². The molecule has 1 unspecified atom stereocenters. The van der Waals surface area contributed by atoms with E-state index in [1.54, 1.807) is 6.07 Å². The van der Waals surface area contributed by atoms with Gasteiger partial charge in [0.15, 0.2) is 5.13 Å². The van der Waals surface area contributed by atoms with Gasteiger partial charge in [-0.2, -0.15) is 0 Å². The van der Waals surface area contributed by atoms with E-state index >= 15 is 0 Å². The summed E-state index contributed by atoms with van der Waals surface area (Å²) in [7, 11) is 0. The van der Waals surface area contributed by atoms with Crippen molar-refractivity contribution in [3.05, 3.63) is 46.5 Å². The number of benzene rings is 1. The van der Waals surface area contributed by atoms with Gasteiger partial charge >= 0.3 is 0 Å². The lowest BCUT2D eigenvalue weighted by Crippen LogP contribution is -2.47.